The minimum absolute atomic E-state index is 0.112. The van der Waals surface area contributed by atoms with E-state index in [2.05, 4.69) is 32.0 Å². The summed E-state index contributed by atoms with van der Waals surface area (Å²) in [5.41, 5.74) is 4.69. The third-order valence-corrected chi connectivity index (χ3v) is 8.38. The standard InChI is InChI=1S/C21H29NO2/c1-12-19-18(24-22-12)11-17-15-5-4-13-10-14(23)6-8-20(13,2)16(15)7-9-21(17,19)3/h4,14-17,23H,5-11H2,1-3H3/t14-,15-,16+,17-,20-,21+/m0/s1. The lowest BCUT2D eigenvalue weighted by atomic mass is 9.47. The van der Waals surface area contributed by atoms with Gasteiger partial charge in [0.1, 0.15) is 5.76 Å². The third kappa shape index (κ3) is 1.75. The molecule has 0 unspecified atom stereocenters. The van der Waals surface area contributed by atoms with Crippen LogP contribution in [0.15, 0.2) is 16.2 Å². The Kier molecular flexibility index (Phi) is 3.01. The topological polar surface area (TPSA) is 46.3 Å². The average Bonchev–Trinajstić information content (AvgIpc) is 3.06. The van der Waals surface area contributed by atoms with E-state index in [9.17, 15) is 5.11 Å². The number of aryl methyl sites for hydroxylation is 1. The summed E-state index contributed by atoms with van der Waals surface area (Å²) in [5, 5.41) is 14.4. The summed E-state index contributed by atoms with van der Waals surface area (Å²) >= 11 is 0. The monoisotopic (exact) mass is 327 g/mol. The molecule has 4 aliphatic rings. The molecule has 5 rings (SSSR count). The smallest absolute Gasteiger partial charge is 0.141 e. The molecule has 2 fully saturated rings. The lowest BCUT2D eigenvalue weighted by Crippen LogP contribution is -2.51. The Balaban J connectivity index is 1.54. The first-order chi connectivity index (χ1) is 11.4. The van der Waals surface area contributed by atoms with Crippen LogP contribution in [0.3, 0.4) is 0 Å². The summed E-state index contributed by atoms with van der Waals surface area (Å²) in [4.78, 5) is 0. The summed E-state index contributed by atoms with van der Waals surface area (Å²) in [6.07, 6.45) is 10.3. The summed E-state index contributed by atoms with van der Waals surface area (Å²) in [6.45, 7) is 7.07. The van der Waals surface area contributed by atoms with E-state index in [1.807, 2.05) is 0 Å². The van der Waals surface area contributed by atoms with Gasteiger partial charge in [-0.2, -0.15) is 0 Å². The predicted molar refractivity (Wildman–Crippen MR) is 92.7 cm³/mol. The summed E-state index contributed by atoms with van der Waals surface area (Å²) in [5.74, 6) is 3.41. The molecular formula is C21H29NO2. The van der Waals surface area contributed by atoms with Crippen LogP contribution < -0.4 is 0 Å². The quantitative estimate of drug-likeness (QED) is 0.722. The van der Waals surface area contributed by atoms with E-state index in [0.717, 1.165) is 43.2 Å². The van der Waals surface area contributed by atoms with Crippen LogP contribution in [0.4, 0.5) is 0 Å². The summed E-state index contributed by atoms with van der Waals surface area (Å²) in [6, 6.07) is 0. The second kappa shape index (κ2) is 4.75. The van der Waals surface area contributed by atoms with Gasteiger partial charge >= 0.3 is 0 Å². The molecule has 2 saturated carbocycles. The highest BCUT2D eigenvalue weighted by Crippen LogP contribution is 2.64. The number of aliphatic hydroxyl groups is 1. The number of hydrogen-bond acceptors (Lipinski definition) is 3. The molecule has 4 aliphatic carbocycles. The van der Waals surface area contributed by atoms with E-state index in [0.29, 0.717) is 11.3 Å². The van der Waals surface area contributed by atoms with E-state index >= 15 is 0 Å². The number of allylic oxidation sites excluding steroid dienone is 1. The highest BCUT2D eigenvalue weighted by molar-refractivity contribution is 5.40. The van der Waals surface area contributed by atoms with Crippen LogP contribution in [0.2, 0.25) is 0 Å². The highest BCUT2D eigenvalue weighted by Gasteiger charge is 2.58. The van der Waals surface area contributed by atoms with Gasteiger partial charge in [-0.1, -0.05) is 30.7 Å². The average molecular weight is 327 g/mol. The van der Waals surface area contributed by atoms with Gasteiger partial charge in [0, 0.05) is 17.4 Å². The van der Waals surface area contributed by atoms with E-state index in [1.165, 1.54) is 30.6 Å². The predicted octanol–water partition coefficient (Wildman–Crippen LogP) is 4.32. The maximum Gasteiger partial charge on any atom is 0.141 e. The minimum atomic E-state index is -0.112. The van der Waals surface area contributed by atoms with E-state index in [4.69, 9.17) is 4.52 Å². The van der Waals surface area contributed by atoms with Crippen molar-refractivity contribution >= 4 is 0 Å². The molecule has 3 nitrogen and oxygen atoms in total. The van der Waals surface area contributed by atoms with Crippen LogP contribution in [0.25, 0.3) is 0 Å². The van der Waals surface area contributed by atoms with Gasteiger partial charge in [0.2, 0.25) is 0 Å². The lowest BCUT2D eigenvalue weighted by Gasteiger charge is -2.57. The van der Waals surface area contributed by atoms with Crippen molar-refractivity contribution in [3.63, 3.8) is 0 Å². The fourth-order valence-electron chi connectivity index (χ4n) is 7.14. The fraction of sp³-hybridized carbons (Fsp3) is 0.762. The van der Waals surface area contributed by atoms with Crippen LogP contribution >= 0.6 is 0 Å². The van der Waals surface area contributed by atoms with Gasteiger partial charge in [0.25, 0.3) is 0 Å². The molecule has 24 heavy (non-hydrogen) atoms. The van der Waals surface area contributed by atoms with Gasteiger partial charge in [-0.05, 0) is 68.6 Å². The molecule has 6 atom stereocenters. The molecule has 1 aromatic rings. The van der Waals surface area contributed by atoms with Crippen molar-refractivity contribution < 1.29 is 9.63 Å². The molecule has 1 heterocycles. The number of aliphatic hydroxyl groups excluding tert-OH is 1. The molecule has 1 aromatic heterocycles. The Labute approximate surface area is 144 Å². The minimum Gasteiger partial charge on any atom is -0.393 e. The Morgan fingerprint density at radius 1 is 1.12 bits per heavy atom. The zero-order valence-corrected chi connectivity index (χ0v) is 15.1. The first-order valence-corrected chi connectivity index (χ1v) is 9.76. The van der Waals surface area contributed by atoms with Crippen LogP contribution in [-0.4, -0.2) is 16.4 Å². The van der Waals surface area contributed by atoms with Crippen molar-refractivity contribution in [1.29, 1.82) is 0 Å². The second-order valence-electron chi connectivity index (χ2n) is 9.38. The third-order valence-electron chi connectivity index (χ3n) is 8.38. The molecule has 0 aliphatic heterocycles. The van der Waals surface area contributed by atoms with E-state index in [1.54, 1.807) is 5.57 Å². The molecular weight excluding hydrogens is 298 g/mol. The van der Waals surface area contributed by atoms with Crippen molar-refractivity contribution in [1.82, 2.24) is 5.16 Å². The Morgan fingerprint density at radius 3 is 2.75 bits per heavy atom. The largest absolute Gasteiger partial charge is 0.393 e. The van der Waals surface area contributed by atoms with Crippen LogP contribution in [0, 0.1) is 30.1 Å². The van der Waals surface area contributed by atoms with Crippen molar-refractivity contribution in [3.05, 3.63) is 28.7 Å². The Hall–Kier alpha value is -1.09. The van der Waals surface area contributed by atoms with Crippen molar-refractivity contribution in [2.45, 2.75) is 77.2 Å². The van der Waals surface area contributed by atoms with Gasteiger partial charge in [0.05, 0.1) is 11.8 Å². The second-order valence-corrected chi connectivity index (χ2v) is 9.38. The highest BCUT2D eigenvalue weighted by atomic mass is 16.5. The molecule has 0 bridgehead atoms. The Bertz CT molecular complexity index is 719. The molecule has 0 saturated heterocycles. The van der Waals surface area contributed by atoms with Crippen molar-refractivity contribution in [3.8, 4) is 0 Å². The molecule has 0 amide bonds. The summed E-state index contributed by atoms with van der Waals surface area (Å²) in [7, 11) is 0. The zero-order chi connectivity index (χ0) is 16.7. The number of fused-ring (bicyclic) bond motifs is 7. The maximum atomic E-state index is 10.1. The number of rotatable bonds is 0. The zero-order valence-electron chi connectivity index (χ0n) is 15.1. The Morgan fingerprint density at radius 2 is 1.92 bits per heavy atom. The number of aromatic nitrogens is 1. The summed E-state index contributed by atoms with van der Waals surface area (Å²) < 4.78 is 5.69. The van der Waals surface area contributed by atoms with E-state index < -0.39 is 0 Å². The van der Waals surface area contributed by atoms with Crippen LogP contribution in [0.5, 0.6) is 0 Å². The van der Waals surface area contributed by atoms with Crippen LogP contribution in [0.1, 0.15) is 69.4 Å². The number of hydrogen-bond donors (Lipinski definition) is 1. The number of nitrogens with zero attached hydrogens (tertiary/aromatic N) is 1. The van der Waals surface area contributed by atoms with Crippen molar-refractivity contribution in [2.75, 3.05) is 0 Å². The maximum absolute atomic E-state index is 10.1. The lowest BCUT2D eigenvalue weighted by molar-refractivity contribution is -0.0172. The van der Waals surface area contributed by atoms with Gasteiger partial charge < -0.3 is 9.63 Å². The molecule has 1 N–H and O–H groups in total. The van der Waals surface area contributed by atoms with Crippen LogP contribution in [-0.2, 0) is 11.8 Å². The normalized spacial score (nSPS) is 46.6. The van der Waals surface area contributed by atoms with Crippen molar-refractivity contribution in [2.24, 2.45) is 23.2 Å². The molecule has 130 valence electrons. The molecule has 3 heteroatoms. The van der Waals surface area contributed by atoms with Gasteiger partial charge in [-0.15, -0.1) is 0 Å². The van der Waals surface area contributed by atoms with E-state index in [-0.39, 0.29) is 11.5 Å². The van der Waals surface area contributed by atoms with Gasteiger partial charge in [-0.25, -0.2) is 0 Å². The van der Waals surface area contributed by atoms with Gasteiger partial charge in [-0.3, -0.25) is 0 Å². The first kappa shape index (κ1) is 15.2. The molecule has 0 spiro atoms. The fourth-order valence-corrected chi connectivity index (χ4v) is 7.14. The SMILES string of the molecule is Cc1noc2c1[C@]1(C)CC[C@@H]3[C@H](CC=C4C[C@@H](O)CC[C@@]43C)[C@@H]1C2. The van der Waals surface area contributed by atoms with Gasteiger partial charge in [0.15, 0.2) is 0 Å². The molecule has 0 aromatic carbocycles. The first-order valence-electron chi connectivity index (χ1n) is 9.76. The molecule has 0 radical (unpaired) electrons.